The molecule has 210 valence electrons. The molecule has 2 atom stereocenters. The summed E-state index contributed by atoms with van der Waals surface area (Å²) >= 11 is 6.35. The number of nitrogens with one attached hydrogen (secondary N) is 2. The van der Waals surface area contributed by atoms with Crippen molar-refractivity contribution in [3.05, 3.63) is 99.3 Å². The molecule has 1 aromatic heterocycles. The van der Waals surface area contributed by atoms with Gasteiger partial charge in [-0.2, -0.15) is 13.2 Å². The fraction of sp³-hybridized carbons (Fsp3) is 0.179. The van der Waals surface area contributed by atoms with Gasteiger partial charge in [0.1, 0.15) is 11.6 Å². The average molecular weight is 589 g/mol. The van der Waals surface area contributed by atoms with Gasteiger partial charge in [0, 0.05) is 45.2 Å². The zero-order valence-electron chi connectivity index (χ0n) is 20.9. The van der Waals surface area contributed by atoms with Crippen LogP contribution in [0.5, 0.6) is 0 Å². The normalized spacial score (nSPS) is 19.8. The molecular weight excluding hydrogens is 571 g/mol. The van der Waals surface area contributed by atoms with E-state index in [-0.39, 0.29) is 33.1 Å². The minimum Gasteiger partial charge on any atom is -0.375 e. The summed E-state index contributed by atoms with van der Waals surface area (Å²) in [5.74, 6) is -2.22. The number of benzene rings is 3. The second-order valence-corrected chi connectivity index (χ2v) is 10.3. The van der Waals surface area contributed by atoms with Crippen molar-refractivity contribution in [2.75, 3.05) is 16.8 Å². The number of rotatable bonds is 2. The summed E-state index contributed by atoms with van der Waals surface area (Å²) in [5.41, 5.74) is -3.52. The summed E-state index contributed by atoms with van der Waals surface area (Å²) < 4.78 is 70.0. The van der Waals surface area contributed by atoms with Gasteiger partial charge in [0.25, 0.3) is 5.91 Å². The van der Waals surface area contributed by atoms with E-state index >= 15 is 0 Å². The van der Waals surface area contributed by atoms with Crippen molar-refractivity contribution in [1.29, 1.82) is 0 Å². The van der Waals surface area contributed by atoms with E-state index < -0.39 is 53.5 Å². The van der Waals surface area contributed by atoms with Crippen molar-refractivity contribution in [1.82, 2.24) is 10.3 Å². The van der Waals surface area contributed by atoms with Crippen LogP contribution in [0.15, 0.2) is 54.9 Å². The van der Waals surface area contributed by atoms with Crippen molar-refractivity contribution < 1.29 is 36.6 Å². The molecule has 3 aromatic carbocycles. The van der Waals surface area contributed by atoms with Gasteiger partial charge in [-0.25, -0.2) is 13.6 Å². The van der Waals surface area contributed by atoms with E-state index in [1.807, 2.05) is 0 Å². The van der Waals surface area contributed by atoms with Crippen LogP contribution >= 0.6 is 11.6 Å². The lowest BCUT2D eigenvalue weighted by atomic mass is 9.92. The van der Waals surface area contributed by atoms with Crippen LogP contribution in [0.4, 0.5) is 38.1 Å². The molecule has 0 fully saturated rings. The van der Waals surface area contributed by atoms with E-state index in [1.54, 1.807) is 6.92 Å². The summed E-state index contributed by atoms with van der Waals surface area (Å²) in [4.78, 5) is 31.6. The third-order valence-electron chi connectivity index (χ3n) is 7.40. The number of alkyl halides is 3. The number of aromatic nitrogens is 1. The van der Waals surface area contributed by atoms with E-state index in [0.717, 1.165) is 24.3 Å². The Bertz CT molecular complexity index is 1800. The molecule has 4 aromatic rings. The number of hydrogen-bond acceptors (Lipinski definition) is 4. The number of anilines is 2. The monoisotopic (exact) mass is 588 g/mol. The topological polar surface area (TPSA) is 94.6 Å². The third kappa shape index (κ3) is 4.08. The Kier molecular flexibility index (Phi) is 5.98. The highest BCUT2D eigenvalue weighted by Crippen LogP contribution is 2.49. The smallest absolute Gasteiger partial charge is 0.375 e. The number of β-amino-alcohol motifs (C(OH)–C–C–N with tert-alkyl or cyclic N) is 1. The first-order valence-electron chi connectivity index (χ1n) is 12.1. The van der Waals surface area contributed by atoms with Gasteiger partial charge < -0.3 is 15.7 Å². The highest BCUT2D eigenvalue weighted by molar-refractivity contribution is 6.31. The lowest BCUT2D eigenvalue weighted by Crippen LogP contribution is -2.48. The second kappa shape index (κ2) is 9.11. The van der Waals surface area contributed by atoms with E-state index in [1.165, 1.54) is 24.5 Å². The predicted octanol–water partition coefficient (Wildman–Crippen LogP) is 6.11. The molecule has 0 saturated heterocycles. The minimum absolute atomic E-state index is 0.0292. The Labute approximate surface area is 233 Å². The maximum absolute atomic E-state index is 14.2. The fourth-order valence-corrected chi connectivity index (χ4v) is 5.67. The van der Waals surface area contributed by atoms with Crippen molar-refractivity contribution in [2.24, 2.45) is 0 Å². The average Bonchev–Trinajstić information content (AvgIpc) is 3.41. The van der Waals surface area contributed by atoms with Gasteiger partial charge in [0.15, 0.2) is 0 Å². The SMILES string of the molecule is Cc1cncc2c3c(c(NC(=O)N4CC(O)(C(F)(F)F)c5cc(F)ccc54)cc12)C(c1cc(F)ccc1Cl)NC3=O. The summed E-state index contributed by atoms with van der Waals surface area (Å²) in [5, 5.41) is 17.0. The number of urea groups is 1. The van der Waals surface area contributed by atoms with Crippen LogP contribution in [-0.4, -0.2) is 34.7 Å². The maximum atomic E-state index is 14.2. The number of hydrogen-bond donors (Lipinski definition) is 3. The lowest BCUT2D eigenvalue weighted by Gasteiger charge is -2.27. The van der Waals surface area contributed by atoms with E-state index in [4.69, 9.17) is 11.6 Å². The lowest BCUT2D eigenvalue weighted by molar-refractivity contribution is -0.258. The van der Waals surface area contributed by atoms with Crippen LogP contribution in [-0.2, 0) is 5.60 Å². The summed E-state index contributed by atoms with van der Waals surface area (Å²) in [7, 11) is 0. The number of aliphatic hydroxyl groups is 1. The molecule has 7 nitrogen and oxygen atoms in total. The summed E-state index contributed by atoms with van der Waals surface area (Å²) in [6, 6.07) is 5.34. The van der Waals surface area contributed by atoms with Gasteiger partial charge >= 0.3 is 12.2 Å². The molecule has 0 saturated carbocycles. The van der Waals surface area contributed by atoms with Crippen LogP contribution in [0.25, 0.3) is 10.8 Å². The Morgan fingerprint density at radius 3 is 2.56 bits per heavy atom. The highest BCUT2D eigenvalue weighted by Gasteiger charge is 2.61. The van der Waals surface area contributed by atoms with Crippen LogP contribution in [0.2, 0.25) is 5.02 Å². The Hall–Kier alpha value is -4.29. The molecule has 0 radical (unpaired) electrons. The zero-order chi connectivity index (χ0) is 29.4. The van der Waals surface area contributed by atoms with Crippen LogP contribution in [0.1, 0.15) is 38.7 Å². The number of fused-ring (bicyclic) bond motifs is 4. The molecule has 3 N–H and O–H groups in total. The number of amides is 3. The molecule has 0 bridgehead atoms. The fourth-order valence-electron chi connectivity index (χ4n) is 5.44. The quantitative estimate of drug-likeness (QED) is 0.246. The zero-order valence-corrected chi connectivity index (χ0v) is 21.7. The van der Waals surface area contributed by atoms with Crippen molar-refractivity contribution in [3.63, 3.8) is 0 Å². The van der Waals surface area contributed by atoms with Gasteiger partial charge in [-0.15, -0.1) is 0 Å². The number of pyridine rings is 1. The Balaban J connectivity index is 1.51. The molecule has 2 unspecified atom stereocenters. The van der Waals surface area contributed by atoms with Gasteiger partial charge in [-0.1, -0.05) is 11.6 Å². The molecule has 2 aliphatic heterocycles. The number of nitrogens with zero attached hydrogens (tertiary/aromatic N) is 2. The molecule has 41 heavy (non-hydrogen) atoms. The maximum Gasteiger partial charge on any atom is 0.423 e. The number of carbonyl (C=O) groups is 2. The Morgan fingerprint density at radius 1 is 1.12 bits per heavy atom. The molecule has 3 heterocycles. The molecule has 3 amide bonds. The van der Waals surface area contributed by atoms with Crippen molar-refractivity contribution in [2.45, 2.75) is 24.7 Å². The van der Waals surface area contributed by atoms with E-state index in [2.05, 4.69) is 15.6 Å². The van der Waals surface area contributed by atoms with E-state index in [0.29, 0.717) is 27.3 Å². The number of aryl methyl sites for hydroxylation is 1. The molecule has 0 aliphatic carbocycles. The summed E-state index contributed by atoms with van der Waals surface area (Å²) in [6.45, 7) is 0.478. The van der Waals surface area contributed by atoms with Crippen LogP contribution in [0.3, 0.4) is 0 Å². The number of halogens is 6. The standard InChI is InChI=1S/C28H18ClF5N4O3/c1-12-9-35-10-17-15(12)8-20(23-22(17)25(39)37-24(23)16-6-13(30)2-4-19(16)29)36-26(40)38-11-27(41,28(32,33)34)18-7-14(31)3-5-21(18)38/h2-10,24,41H,11H2,1H3,(H,36,40)(H,37,39). The van der Waals surface area contributed by atoms with Crippen LogP contribution in [0, 0.1) is 18.6 Å². The van der Waals surface area contributed by atoms with E-state index in [9.17, 15) is 36.6 Å². The second-order valence-electron chi connectivity index (χ2n) is 9.87. The first-order chi connectivity index (χ1) is 19.3. The number of carbonyl (C=O) groups excluding carboxylic acids is 2. The predicted molar refractivity (Wildman–Crippen MR) is 140 cm³/mol. The first-order valence-corrected chi connectivity index (χ1v) is 12.5. The van der Waals surface area contributed by atoms with Gasteiger partial charge in [0.2, 0.25) is 5.60 Å². The van der Waals surface area contributed by atoms with Crippen molar-refractivity contribution >= 4 is 45.7 Å². The van der Waals surface area contributed by atoms with Gasteiger partial charge in [-0.05, 0) is 60.3 Å². The largest absolute Gasteiger partial charge is 0.423 e. The summed E-state index contributed by atoms with van der Waals surface area (Å²) in [6.07, 6.45) is -2.24. The van der Waals surface area contributed by atoms with Gasteiger partial charge in [0.05, 0.1) is 23.8 Å². The molecule has 0 spiro atoms. The highest BCUT2D eigenvalue weighted by atomic mass is 35.5. The molecular formula is C28H18ClF5N4O3. The molecule has 2 aliphatic rings. The Morgan fingerprint density at radius 2 is 1.83 bits per heavy atom. The third-order valence-corrected chi connectivity index (χ3v) is 7.75. The van der Waals surface area contributed by atoms with Crippen molar-refractivity contribution in [3.8, 4) is 0 Å². The molecule has 13 heteroatoms. The minimum atomic E-state index is -5.23. The first kappa shape index (κ1) is 26.9. The van der Waals surface area contributed by atoms with Gasteiger partial charge in [-0.3, -0.25) is 14.7 Å². The molecule has 6 rings (SSSR count). The van der Waals surface area contributed by atoms with Crippen LogP contribution < -0.4 is 15.5 Å².